The summed E-state index contributed by atoms with van der Waals surface area (Å²) in [6.07, 6.45) is 0.759. The van der Waals surface area contributed by atoms with Crippen molar-refractivity contribution < 1.29 is 18.7 Å². The quantitative estimate of drug-likeness (QED) is 0.946. The molecule has 3 nitrogen and oxygen atoms in total. The molecule has 110 valence electrons. The van der Waals surface area contributed by atoms with E-state index >= 15 is 0 Å². The zero-order valence-electron chi connectivity index (χ0n) is 11.1. The SMILES string of the molecule is O=C(O)C(c1cc(F)cc(F)c1)N1CCc2sccc2C1. The Morgan fingerprint density at radius 3 is 2.67 bits per heavy atom. The molecule has 1 aromatic carbocycles. The van der Waals surface area contributed by atoms with Gasteiger partial charge in [0.05, 0.1) is 0 Å². The molecule has 2 heterocycles. The van der Waals surface area contributed by atoms with E-state index in [1.165, 1.54) is 4.88 Å². The van der Waals surface area contributed by atoms with Gasteiger partial charge >= 0.3 is 5.97 Å². The molecule has 0 radical (unpaired) electrons. The van der Waals surface area contributed by atoms with E-state index in [2.05, 4.69) is 0 Å². The highest BCUT2D eigenvalue weighted by Crippen LogP contribution is 2.31. The lowest BCUT2D eigenvalue weighted by Crippen LogP contribution is -2.37. The van der Waals surface area contributed by atoms with Gasteiger partial charge in [0.25, 0.3) is 0 Å². The van der Waals surface area contributed by atoms with Gasteiger partial charge in [0.1, 0.15) is 17.7 Å². The van der Waals surface area contributed by atoms with Crippen molar-refractivity contribution in [3.63, 3.8) is 0 Å². The second-order valence-electron chi connectivity index (χ2n) is 5.03. The Balaban J connectivity index is 1.94. The lowest BCUT2D eigenvalue weighted by Gasteiger charge is -2.32. The Morgan fingerprint density at radius 1 is 1.29 bits per heavy atom. The largest absolute Gasteiger partial charge is 0.480 e. The first-order chi connectivity index (χ1) is 10.0. The fourth-order valence-corrected chi connectivity index (χ4v) is 3.62. The summed E-state index contributed by atoms with van der Waals surface area (Å²) in [4.78, 5) is 14.6. The molecule has 1 aliphatic rings. The Kier molecular flexibility index (Phi) is 3.73. The molecule has 1 aromatic heterocycles. The molecule has 1 atom stereocenters. The fourth-order valence-electron chi connectivity index (χ4n) is 2.73. The molecule has 1 N–H and O–H groups in total. The van der Waals surface area contributed by atoms with Gasteiger partial charge in [0.2, 0.25) is 0 Å². The molecule has 3 rings (SSSR count). The number of rotatable bonds is 3. The van der Waals surface area contributed by atoms with E-state index in [1.54, 1.807) is 16.2 Å². The van der Waals surface area contributed by atoms with Crippen LogP contribution >= 0.6 is 11.3 Å². The minimum Gasteiger partial charge on any atom is -0.480 e. The molecule has 0 fully saturated rings. The number of fused-ring (bicyclic) bond motifs is 1. The van der Waals surface area contributed by atoms with Gasteiger partial charge in [-0.25, -0.2) is 8.78 Å². The summed E-state index contributed by atoms with van der Waals surface area (Å²) in [5.74, 6) is -2.62. The number of carboxylic acids is 1. The Bertz CT molecular complexity index is 666. The molecule has 2 aromatic rings. The highest BCUT2D eigenvalue weighted by Gasteiger charge is 2.31. The third-order valence-electron chi connectivity index (χ3n) is 3.64. The third-order valence-corrected chi connectivity index (χ3v) is 4.66. The van der Waals surface area contributed by atoms with Crippen molar-refractivity contribution in [2.45, 2.75) is 19.0 Å². The molecular formula is C15H13F2NO2S. The summed E-state index contributed by atoms with van der Waals surface area (Å²) in [5.41, 5.74) is 1.23. The van der Waals surface area contributed by atoms with E-state index in [0.29, 0.717) is 13.1 Å². The van der Waals surface area contributed by atoms with E-state index in [9.17, 15) is 18.7 Å². The molecule has 0 aliphatic carbocycles. The standard InChI is InChI=1S/C15H13F2NO2S/c16-11-5-10(6-12(17)7-11)14(15(19)20)18-3-1-13-9(8-18)2-4-21-13/h2,4-7,14H,1,3,8H2,(H,19,20). The van der Waals surface area contributed by atoms with Crippen molar-refractivity contribution in [2.24, 2.45) is 0 Å². The first-order valence-electron chi connectivity index (χ1n) is 6.52. The minimum absolute atomic E-state index is 0.138. The van der Waals surface area contributed by atoms with Gasteiger partial charge in [-0.3, -0.25) is 9.69 Å². The smallest absolute Gasteiger partial charge is 0.325 e. The Hall–Kier alpha value is -1.79. The van der Waals surface area contributed by atoms with Crippen LogP contribution in [0.25, 0.3) is 0 Å². The van der Waals surface area contributed by atoms with Crippen molar-refractivity contribution in [1.82, 2.24) is 4.90 Å². The molecular weight excluding hydrogens is 296 g/mol. The van der Waals surface area contributed by atoms with Crippen LogP contribution in [0.5, 0.6) is 0 Å². The van der Waals surface area contributed by atoms with Gasteiger partial charge in [-0.15, -0.1) is 11.3 Å². The molecule has 0 saturated heterocycles. The molecule has 0 amide bonds. The van der Waals surface area contributed by atoms with Gasteiger partial charge in [0, 0.05) is 24.0 Å². The third kappa shape index (κ3) is 2.82. The number of carboxylic acid groups (broad SMARTS) is 1. The van der Waals surface area contributed by atoms with Crippen molar-refractivity contribution in [3.05, 3.63) is 57.3 Å². The minimum atomic E-state index is -1.10. The number of hydrogen-bond donors (Lipinski definition) is 1. The van der Waals surface area contributed by atoms with Crippen LogP contribution in [-0.2, 0) is 17.8 Å². The van der Waals surface area contributed by atoms with Crippen LogP contribution in [0.4, 0.5) is 8.78 Å². The lowest BCUT2D eigenvalue weighted by atomic mass is 10.0. The van der Waals surface area contributed by atoms with Gasteiger partial charge in [-0.2, -0.15) is 0 Å². The topological polar surface area (TPSA) is 40.5 Å². The average molecular weight is 309 g/mol. The number of carbonyl (C=O) groups is 1. The van der Waals surface area contributed by atoms with Crippen LogP contribution in [-0.4, -0.2) is 22.5 Å². The Labute approximate surface area is 124 Å². The molecule has 1 unspecified atom stereocenters. The van der Waals surface area contributed by atoms with Crippen molar-refractivity contribution in [2.75, 3.05) is 6.54 Å². The zero-order valence-corrected chi connectivity index (χ0v) is 11.9. The van der Waals surface area contributed by atoms with E-state index in [-0.39, 0.29) is 5.56 Å². The number of aliphatic carboxylic acids is 1. The highest BCUT2D eigenvalue weighted by atomic mass is 32.1. The van der Waals surface area contributed by atoms with Crippen LogP contribution in [0.2, 0.25) is 0 Å². The van der Waals surface area contributed by atoms with E-state index in [1.807, 2.05) is 11.4 Å². The monoisotopic (exact) mass is 309 g/mol. The number of hydrogen-bond acceptors (Lipinski definition) is 3. The summed E-state index contributed by atoms with van der Waals surface area (Å²) in [7, 11) is 0. The van der Waals surface area contributed by atoms with Crippen LogP contribution in [0.1, 0.15) is 22.0 Å². The molecule has 1 aliphatic heterocycles. The van der Waals surface area contributed by atoms with E-state index in [0.717, 1.165) is 30.2 Å². The maximum Gasteiger partial charge on any atom is 0.325 e. The van der Waals surface area contributed by atoms with Crippen molar-refractivity contribution in [3.8, 4) is 0 Å². The van der Waals surface area contributed by atoms with Gasteiger partial charge in [0.15, 0.2) is 0 Å². The van der Waals surface area contributed by atoms with Crippen LogP contribution in [0.3, 0.4) is 0 Å². The first-order valence-corrected chi connectivity index (χ1v) is 7.40. The molecule has 0 bridgehead atoms. The van der Waals surface area contributed by atoms with E-state index < -0.39 is 23.6 Å². The summed E-state index contributed by atoms with van der Waals surface area (Å²) in [6, 6.07) is 3.85. The molecule has 0 spiro atoms. The maximum atomic E-state index is 13.4. The van der Waals surface area contributed by atoms with E-state index in [4.69, 9.17) is 0 Å². The Morgan fingerprint density at radius 2 is 2.00 bits per heavy atom. The van der Waals surface area contributed by atoms with Gasteiger partial charge in [-0.1, -0.05) is 0 Å². The molecule has 21 heavy (non-hydrogen) atoms. The average Bonchev–Trinajstić information content (AvgIpc) is 2.84. The lowest BCUT2D eigenvalue weighted by molar-refractivity contribution is -0.144. The number of nitrogens with zero attached hydrogens (tertiary/aromatic N) is 1. The fraction of sp³-hybridized carbons (Fsp3) is 0.267. The van der Waals surface area contributed by atoms with Gasteiger partial charge < -0.3 is 5.11 Å². The summed E-state index contributed by atoms with van der Waals surface area (Å²) >= 11 is 1.65. The summed E-state index contributed by atoms with van der Waals surface area (Å²) in [5, 5.41) is 11.5. The predicted octanol–water partition coefficient (Wildman–Crippen LogP) is 3.21. The van der Waals surface area contributed by atoms with Crippen molar-refractivity contribution >= 4 is 17.3 Å². The second kappa shape index (κ2) is 5.54. The van der Waals surface area contributed by atoms with Crippen LogP contribution in [0.15, 0.2) is 29.6 Å². The van der Waals surface area contributed by atoms with Crippen LogP contribution in [0, 0.1) is 11.6 Å². The number of benzene rings is 1. The van der Waals surface area contributed by atoms with Crippen molar-refractivity contribution in [1.29, 1.82) is 0 Å². The summed E-state index contributed by atoms with van der Waals surface area (Å²) < 4.78 is 26.7. The normalized spacial score (nSPS) is 16.5. The number of thiophene rings is 1. The second-order valence-corrected chi connectivity index (χ2v) is 6.03. The predicted molar refractivity (Wildman–Crippen MR) is 75.2 cm³/mol. The zero-order chi connectivity index (χ0) is 15.0. The number of halogens is 2. The van der Waals surface area contributed by atoms with Gasteiger partial charge in [-0.05, 0) is 41.1 Å². The first kappa shape index (κ1) is 14.2. The van der Waals surface area contributed by atoms with Crippen LogP contribution < -0.4 is 0 Å². The maximum absolute atomic E-state index is 13.4. The summed E-state index contributed by atoms with van der Waals surface area (Å²) in [6.45, 7) is 1.04. The molecule has 6 heteroatoms. The highest BCUT2D eigenvalue weighted by molar-refractivity contribution is 7.10. The molecule has 0 saturated carbocycles.